The highest BCUT2D eigenvalue weighted by Gasteiger charge is 2.15. The molecule has 0 radical (unpaired) electrons. The number of hydrogen-bond acceptors (Lipinski definition) is 4. The number of anilines is 1. The fourth-order valence-corrected chi connectivity index (χ4v) is 1.61. The maximum absolute atomic E-state index is 11.4. The number of nitrogens with two attached hydrogens (primary N) is 1. The molecule has 0 fully saturated rings. The lowest BCUT2D eigenvalue weighted by Crippen LogP contribution is -2.32. The van der Waals surface area contributed by atoms with Crippen molar-refractivity contribution in [2.45, 2.75) is 32.8 Å². The van der Waals surface area contributed by atoms with E-state index in [1.165, 1.54) is 6.20 Å². The largest absolute Gasteiger partial charge is 0.444 e. The van der Waals surface area contributed by atoms with Crippen molar-refractivity contribution in [2.75, 3.05) is 12.3 Å². The smallest absolute Gasteiger partial charge is 0.407 e. The molecule has 1 aromatic rings. The van der Waals surface area contributed by atoms with Gasteiger partial charge in [-0.25, -0.2) is 9.78 Å². The minimum atomic E-state index is -0.518. The molecule has 1 heterocycles. The van der Waals surface area contributed by atoms with Crippen molar-refractivity contribution in [1.29, 1.82) is 0 Å². The number of carbonyl (C=O) groups excluding carboxylic acids is 1. The number of alkyl carbamates (subject to hydrolysis) is 1. The Morgan fingerprint density at radius 2 is 2.10 bits per heavy atom. The van der Waals surface area contributed by atoms with Crippen LogP contribution in [0.2, 0.25) is 10.0 Å². The van der Waals surface area contributed by atoms with Crippen LogP contribution in [0.1, 0.15) is 32.8 Å². The molecule has 0 bridgehead atoms. The van der Waals surface area contributed by atoms with Crippen LogP contribution in [0.25, 0.3) is 0 Å². The normalized spacial score (nSPS) is 10.5. The molecule has 114 valence electrons. The molecule has 0 saturated heterocycles. The third-order valence-corrected chi connectivity index (χ3v) is 3.00. The number of nitrogens with zero attached hydrogens (tertiary/aromatic N) is 1. The summed E-state index contributed by atoms with van der Waals surface area (Å²) in [5.41, 5.74) is 5.49. The van der Waals surface area contributed by atoms with Crippen molar-refractivity contribution < 1.29 is 9.53 Å². The van der Waals surface area contributed by atoms with E-state index in [9.17, 15) is 4.79 Å². The van der Waals surface area contributed by atoms with E-state index >= 15 is 0 Å². The maximum Gasteiger partial charge on any atom is 0.407 e. The first-order valence-corrected chi connectivity index (χ1v) is 7.01. The Hall–Kier alpha value is -1.64. The van der Waals surface area contributed by atoms with Crippen LogP contribution >= 0.6 is 23.2 Å². The Kier molecular flexibility index (Phi) is 6.13. The number of halogens is 2. The molecule has 0 spiro atoms. The zero-order valence-electron chi connectivity index (χ0n) is 12.1. The summed E-state index contributed by atoms with van der Waals surface area (Å²) in [5, 5.41) is 3.07. The highest BCUT2D eigenvalue weighted by molar-refractivity contribution is 6.44. The van der Waals surface area contributed by atoms with Crippen LogP contribution < -0.4 is 11.1 Å². The van der Waals surface area contributed by atoms with Gasteiger partial charge in [0.1, 0.15) is 16.4 Å². The van der Waals surface area contributed by atoms with Gasteiger partial charge in [-0.1, -0.05) is 35.0 Å². The van der Waals surface area contributed by atoms with Crippen molar-refractivity contribution >= 4 is 35.1 Å². The van der Waals surface area contributed by atoms with E-state index < -0.39 is 11.7 Å². The predicted octanol–water partition coefficient (Wildman–Crippen LogP) is 3.24. The first-order chi connectivity index (χ1) is 9.70. The van der Waals surface area contributed by atoms with Crippen molar-refractivity contribution in [2.24, 2.45) is 0 Å². The van der Waals surface area contributed by atoms with Crippen LogP contribution in [0.5, 0.6) is 0 Å². The standard InChI is InChI=1S/C14H17Cl2N3O2/c1-14(2,3)21-13(20)18-7-5-4-6-9-8-19-12(17)11(16)10(9)15/h8H,5,7H2,1-3H3,(H2,17,19)(H,18,20). The van der Waals surface area contributed by atoms with Gasteiger partial charge in [-0.2, -0.15) is 0 Å². The summed E-state index contributed by atoms with van der Waals surface area (Å²) in [5.74, 6) is 5.86. The number of ether oxygens (including phenoxy) is 1. The lowest BCUT2D eigenvalue weighted by molar-refractivity contribution is 0.0529. The molecule has 0 unspecified atom stereocenters. The molecule has 1 rings (SSSR count). The van der Waals surface area contributed by atoms with Gasteiger partial charge in [-0.05, 0) is 20.8 Å². The molecule has 0 aromatic carbocycles. The van der Waals surface area contributed by atoms with Crippen molar-refractivity contribution in [3.63, 3.8) is 0 Å². The van der Waals surface area contributed by atoms with Crippen LogP contribution in [0.4, 0.5) is 10.6 Å². The Morgan fingerprint density at radius 3 is 2.71 bits per heavy atom. The van der Waals surface area contributed by atoms with Crippen LogP contribution in [0.3, 0.4) is 0 Å². The molecule has 5 nitrogen and oxygen atoms in total. The minimum Gasteiger partial charge on any atom is -0.444 e. The molecule has 1 amide bonds. The van der Waals surface area contributed by atoms with Gasteiger partial charge in [0.25, 0.3) is 0 Å². The second kappa shape index (κ2) is 7.39. The van der Waals surface area contributed by atoms with Crippen LogP contribution in [0.15, 0.2) is 6.20 Å². The quantitative estimate of drug-likeness (QED) is 0.645. The summed E-state index contributed by atoms with van der Waals surface area (Å²) in [6.07, 6.45) is 1.43. The minimum absolute atomic E-state index is 0.166. The molecular formula is C14H17Cl2N3O2. The van der Waals surface area contributed by atoms with Gasteiger partial charge < -0.3 is 15.8 Å². The fourth-order valence-electron chi connectivity index (χ4n) is 1.26. The predicted molar refractivity (Wildman–Crippen MR) is 84.4 cm³/mol. The lowest BCUT2D eigenvalue weighted by atomic mass is 10.2. The molecular weight excluding hydrogens is 313 g/mol. The monoisotopic (exact) mass is 329 g/mol. The molecule has 0 aliphatic carbocycles. The summed E-state index contributed by atoms with van der Waals surface area (Å²) in [4.78, 5) is 15.3. The summed E-state index contributed by atoms with van der Waals surface area (Å²) >= 11 is 11.9. The zero-order valence-corrected chi connectivity index (χ0v) is 13.6. The van der Waals surface area contributed by atoms with E-state index in [2.05, 4.69) is 22.1 Å². The molecule has 21 heavy (non-hydrogen) atoms. The molecule has 0 atom stereocenters. The number of nitrogen functional groups attached to an aromatic ring is 1. The SMILES string of the molecule is CC(C)(C)OC(=O)NCCC#Cc1cnc(N)c(Cl)c1Cl. The number of nitrogens with one attached hydrogen (secondary N) is 1. The van der Waals surface area contributed by atoms with Crippen LogP contribution in [0, 0.1) is 11.8 Å². The maximum atomic E-state index is 11.4. The summed E-state index contributed by atoms with van der Waals surface area (Å²) in [7, 11) is 0. The highest BCUT2D eigenvalue weighted by Crippen LogP contribution is 2.28. The summed E-state index contributed by atoms with van der Waals surface area (Å²) in [6, 6.07) is 0. The van der Waals surface area contributed by atoms with E-state index in [0.717, 1.165) is 0 Å². The molecule has 1 aromatic heterocycles. The van der Waals surface area contributed by atoms with E-state index in [1.54, 1.807) is 20.8 Å². The number of amides is 1. The number of aromatic nitrogens is 1. The zero-order chi connectivity index (χ0) is 16.0. The summed E-state index contributed by atoms with van der Waals surface area (Å²) < 4.78 is 5.09. The number of pyridine rings is 1. The second-order valence-electron chi connectivity index (χ2n) is 5.17. The molecule has 0 aliphatic rings. The van der Waals surface area contributed by atoms with Gasteiger partial charge in [0, 0.05) is 19.2 Å². The average molecular weight is 330 g/mol. The Labute approximate surface area is 134 Å². The Bertz CT molecular complexity index is 586. The topological polar surface area (TPSA) is 77.2 Å². The van der Waals surface area contributed by atoms with E-state index in [4.69, 9.17) is 33.7 Å². The number of hydrogen-bond donors (Lipinski definition) is 2. The van der Waals surface area contributed by atoms with Gasteiger partial charge in [0.05, 0.1) is 10.6 Å². The fraction of sp³-hybridized carbons (Fsp3) is 0.429. The molecule has 0 aliphatic heterocycles. The van der Waals surface area contributed by atoms with Gasteiger partial charge >= 0.3 is 6.09 Å². The van der Waals surface area contributed by atoms with Crippen molar-refractivity contribution in [3.8, 4) is 11.8 Å². The molecule has 0 saturated carbocycles. The van der Waals surface area contributed by atoms with Crippen LogP contribution in [-0.4, -0.2) is 23.2 Å². The van der Waals surface area contributed by atoms with Crippen LogP contribution in [-0.2, 0) is 4.74 Å². The van der Waals surface area contributed by atoms with E-state index in [0.29, 0.717) is 18.5 Å². The van der Waals surface area contributed by atoms with Gasteiger partial charge in [0.15, 0.2) is 0 Å². The van der Waals surface area contributed by atoms with Gasteiger partial charge in [-0.3, -0.25) is 0 Å². The van der Waals surface area contributed by atoms with Gasteiger partial charge in [-0.15, -0.1) is 0 Å². The number of carbonyl (C=O) groups is 1. The van der Waals surface area contributed by atoms with E-state index in [-0.39, 0.29) is 15.9 Å². The molecule has 3 N–H and O–H groups in total. The highest BCUT2D eigenvalue weighted by atomic mass is 35.5. The average Bonchev–Trinajstić information content (AvgIpc) is 2.36. The lowest BCUT2D eigenvalue weighted by Gasteiger charge is -2.19. The van der Waals surface area contributed by atoms with Crippen molar-refractivity contribution in [3.05, 3.63) is 21.8 Å². The number of rotatable bonds is 2. The third kappa shape index (κ3) is 6.11. The third-order valence-electron chi connectivity index (χ3n) is 2.13. The Balaban J connectivity index is 2.48. The summed E-state index contributed by atoms with van der Waals surface area (Å²) in [6.45, 7) is 5.76. The van der Waals surface area contributed by atoms with Gasteiger partial charge in [0.2, 0.25) is 0 Å². The second-order valence-corrected chi connectivity index (χ2v) is 5.92. The first kappa shape index (κ1) is 17.4. The molecule has 7 heteroatoms. The van der Waals surface area contributed by atoms with E-state index in [1.807, 2.05) is 0 Å². The van der Waals surface area contributed by atoms with Crippen molar-refractivity contribution in [1.82, 2.24) is 10.3 Å². The first-order valence-electron chi connectivity index (χ1n) is 6.26. The Morgan fingerprint density at radius 1 is 1.43 bits per heavy atom.